The van der Waals surface area contributed by atoms with Gasteiger partial charge in [-0.2, -0.15) is 13.2 Å². The number of anilines is 1. The molecule has 0 radical (unpaired) electrons. The third-order valence-corrected chi connectivity index (χ3v) is 2.94. The van der Waals surface area contributed by atoms with Gasteiger partial charge in [0, 0.05) is 13.2 Å². The number of nitrogens with one attached hydrogen (secondary N) is 1. The fraction of sp³-hybridized carbons (Fsp3) is 0.214. The van der Waals surface area contributed by atoms with E-state index in [0.29, 0.717) is 5.02 Å². The van der Waals surface area contributed by atoms with E-state index in [1.54, 1.807) is 19.3 Å². The van der Waals surface area contributed by atoms with Gasteiger partial charge in [-0.15, -0.1) is 0 Å². The molecule has 4 nitrogen and oxygen atoms in total. The fourth-order valence-corrected chi connectivity index (χ4v) is 2.04. The number of aromatic nitrogens is 1. The summed E-state index contributed by atoms with van der Waals surface area (Å²) in [5.74, 6) is -0.564. The van der Waals surface area contributed by atoms with Crippen LogP contribution in [0.2, 0.25) is 5.02 Å². The van der Waals surface area contributed by atoms with Crippen LogP contribution >= 0.6 is 11.6 Å². The standard InChI is InChI=1S/C14H12ClF3N2O2/c1-20-7-9(15)6-11(20)13(21)19-10-4-2-3-5-12(10)22-8-14(16,17)18/h2-7H,8H2,1H3,(H,19,21). The van der Waals surface area contributed by atoms with E-state index >= 15 is 0 Å². The Morgan fingerprint density at radius 2 is 2.05 bits per heavy atom. The summed E-state index contributed by atoms with van der Waals surface area (Å²) in [6.07, 6.45) is -2.91. The van der Waals surface area contributed by atoms with E-state index in [0.717, 1.165) is 0 Å². The van der Waals surface area contributed by atoms with Gasteiger partial charge in [-0.25, -0.2) is 0 Å². The molecule has 0 saturated carbocycles. The topological polar surface area (TPSA) is 43.3 Å². The molecule has 1 aromatic heterocycles. The van der Waals surface area contributed by atoms with E-state index in [2.05, 4.69) is 5.32 Å². The van der Waals surface area contributed by atoms with E-state index in [1.165, 1.54) is 28.8 Å². The molecule has 0 saturated heterocycles. The minimum atomic E-state index is -4.46. The van der Waals surface area contributed by atoms with Crippen molar-refractivity contribution >= 4 is 23.2 Å². The van der Waals surface area contributed by atoms with E-state index in [1.807, 2.05) is 0 Å². The molecule has 1 aromatic carbocycles. The first-order valence-electron chi connectivity index (χ1n) is 6.18. The smallest absolute Gasteiger partial charge is 0.422 e. The Bertz CT molecular complexity index is 683. The number of halogens is 4. The number of nitrogens with zero attached hydrogens (tertiary/aromatic N) is 1. The number of amides is 1. The Morgan fingerprint density at radius 3 is 2.64 bits per heavy atom. The minimum Gasteiger partial charge on any atom is -0.482 e. The van der Waals surface area contributed by atoms with Crippen molar-refractivity contribution < 1.29 is 22.7 Å². The number of aryl methyl sites for hydroxylation is 1. The fourth-order valence-electron chi connectivity index (χ4n) is 1.79. The molecule has 118 valence electrons. The number of hydrogen-bond acceptors (Lipinski definition) is 2. The van der Waals surface area contributed by atoms with Crippen LogP contribution in [0.3, 0.4) is 0 Å². The predicted octanol–water partition coefficient (Wildman–Crippen LogP) is 3.87. The SMILES string of the molecule is Cn1cc(Cl)cc1C(=O)Nc1ccccc1OCC(F)(F)F. The molecular formula is C14H12ClF3N2O2. The monoisotopic (exact) mass is 332 g/mol. The highest BCUT2D eigenvalue weighted by Crippen LogP contribution is 2.27. The van der Waals surface area contributed by atoms with Crippen LogP contribution in [-0.2, 0) is 7.05 Å². The normalized spacial score (nSPS) is 11.3. The van der Waals surface area contributed by atoms with Crippen LogP contribution in [0.25, 0.3) is 0 Å². The highest BCUT2D eigenvalue weighted by atomic mass is 35.5. The van der Waals surface area contributed by atoms with Crippen LogP contribution in [0, 0.1) is 0 Å². The molecule has 1 N–H and O–H groups in total. The lowest BCUT2D eigenvalue weighted by Gasteiger charge is -2.13. The third kappa shape index (κ3) is 4.17. The first-order chi connectivity index (χ1) is 10.3. The lowest BCUT2D eigenvalue weighted by molar-refractivity contribution is -0.153. The number of hydrogen-bond donors (Lipinski definition) is 1. The molecule has 0 aliphatic carbocycles. The van der Waals surface area contributed by atoms with Crippen molar-refractivity contribution in [2.75, 3.05) is 11.9 Å². The molecule has 8 heteroatoms. The molecule has 1 heterocycles. The summed E-state index contributed by atoms with van der Waals surface area (Å²) in [5, 5.41) is 2.89. The summed E-state index contributed by atoms with van der Waals surface area (Å²) in [6, 6.07) is 7.35. The summed E-state index contributed by atoms with van der Waals surface area (Å²) >= 11 is 5.79. The first kappa shape index (κ1) is 16.2. The second-order valence-corrected chi connectivity index (χ2v) is 4.95. The van der Waals surface area contributed by atoms with E-state index in [-0.39, 0.29) is 17.1 Å². The van der Waals surface area contributed by atoms with Crippen LogP contribution in [0.4, 0.5) is 18.9 Å². The minimum absolute atomic E-state index is 0.0616. The van der Waals surface area contributed by atoms with Gasteiger partial charge in [-0.1, -0.05) is 23.7 Å². The summed E-state index contributed by atoms with van der Waals surface area (Å²) in [4.78, 5) is 12.1. The van der Waals surface area contributed by atoms with Gasteiger partial charge >= 0.3 is 6.18 Å². The van der Waals surface area contributed by atoms with Gasteiger partial charge in [-0.05, 0) is 18.2 Å². The number of carbonyl (C=O) groups is 1. The van der Waals surface area contributed by atoms with Crippen molar-refractivity contribution in [2.24, 2.45) is 7.05 Å². The van der Waals surface area contributed by atoms with Crippen LogP contribution in [-0.4, -0.2) is 23.3 Å². The molecule has 2 aromatic rings. The molecule has 22 heavy (non-hydrogen) atoms. The molecule has 2 rings (SSSR count). The van der Waals surface area contributed by atoms with Gasteiger partial charge in [0.05, 0.1) is 10.7 Å². The highest BCUT2D eigenvalue weighted by molar-refractivity contribution is 6.31. The van der Waals surface area contributed by atoms with Gasteiger partial charge in [-0.3, -0.25) is 4.79 Å². The summed E-state index contributed by atoms with van der Waals surface area (Å²) in [5.41, 5.74) is 0.421. The number of alkyl halides is 3. The maximum Gasteiger partial charge on any atom is 0.422 e. The Hall–Kier alpha value is -2.15. The lowest BCUT2D eigenvalue weighted by atomic mass is 10.2. The zero-order valence-corrected chi connectivity index (χ0v) is 12.2. The molecule has 0 spiro atoms. The Morgan fingerprint density at radius 1 is 1.36 bits per heavy atom. The van der Waals surface area contributed by atoms with Gasteiger partial charge < -0.3 is 14.6 Å². The van der Waals surface area contributed by atoms with E-state index < -0.39 is 18.7 Å². The van der Waals surface area contributed by atoms with Gasteiger partial charge in [0.1, 0.15) is 11.4 Å². The molecule has 0 aliphatic heterocycles. The van der Waals surface area contributed by atoms with Crippen LogP contribution in [0.1, 0.15) is 10.5 Å². The first-order valence-corrected chi connectivity index (χ1v) is 6.56. The average Bonchev–Trinajstić information content (AvgIpc) is 2.76. The van der Waals surface area contributed by atoms with Crippen molar-refractivity contribution in [1.82, 2.24) is 4.57 Å². The Balaban J connectivity index is 2.16. The van der Waals surface area contributed by atoms with Crippen molar-refractivity contribution in [3.63, 3.8) is 0 Å². The van der Waals surface area contributed by atoms with Crippen molar-refractivity contribution in [2.45, 2.75) is 6.18 Å². The third-order valence-electron chi connectivity index (χ3n) is 2.73. The van der Waals surface area contributed by atoms with Crippen molar-refractivity contribution in [3.8, 4) is 5.75 Å². The van der Waals surface area contributed by atoms with E-state index in [9.17, 15) is 18.0 Å². The second-order valence-electron chi connectivity index (χ2n) is 4.51. The highest BCUT2D eigenvalue weighted by Gasteiger charge is 2.29. The van der Waals surface area contributed by atoms with Crippen molar-refractivity contribution in [1.29, 1.82) is 0 Å². The molecule has 0 bridgehead atoms. The predicted molar refractivity (Wildman–Crippen MR) is 76.4 cm³/mol. The lowest BCUT2D eigenvalue weighted by Crippen LogP contribution is -2.21. The summed E-state index contributed by atoms with van der Waals surface area (Å²) in [6.45, 7) is -1.43. The molecule has 0 aliphatic rings. The summed E-state index contributed by atoms with van der Waals surface area (Å²) in [7, 11) is 1.63. The maximum absolute atomic E-state index is 12.2. The largest absolute Gasteiger partial charge is 0.482 e. The van der Waals surface area contributed by atoms with Crippen LogP contribution < -0.4 is 10.1 Å². The van der Waals surface area contributed by atoms with Crippen LogP contribution in [0.5, 0.6) is 5.75 Å². The second kappa shape index (κ2) is 6.31. The number of ether oxygens (including phenoxy) is 1. The number of carbonyl (C=O) groups excluding carboxylic acids is 1. The zero-order chi connectivity index (χ0) is 16.3. The van der Waals surface area contributed by atoms with Gasteiger partial charge in [0.2, 0.25) is 0 Å². The summed E-state index contributed by atoms with van der Waals surface area (Å²) < 4.78 is 42.9. The Labute approximate surface area is 129 Å². The number of benzene rings is 1. The molecule has 0 atom stereocenters. The Kier molecular flexibility index (Phi) is 4.65. The van der Waals surface area contributed by atoms with Gasteiger partial charge in [0.25, 0.3) is 5.91 Å². The quantitative estimate of drug-likeness (QED) is 0.923. The maximum atomic E-state index is 12.2. The molecule has 0 unspecified atom stereocenters. The molecular weight excluding hydrogens is 321 g/mol. The number of para-hydroxylation sites is 2. The van der Waals surface area contributed by atoms with Crippen LogP contribution in [0.15, 0.2) is 36.5 Å². The van der Waals surface area contributed by atoms with E-state index in [4.69, 9.17) is 16.3 Å². The molecule has 0 fully saturated rings. The average molecular weight is 333 g/mol. The number of rotatable bonds is 4. The molecule has 1 amide bonds. The van der Waals surface area contributed by atoms with Gasteiger partial charge in [0.15, 0.2) is 6.61 Å². The zero-order valence-electron chi connectivity index (χ0n) is 11.4. The van der Waals surface area contributed by atoms with Crippen molar-refractivity contribution in [3.05, 3.63) is 47.2 Å².